The number of thiazole rings is 1. The average Bonchev–Trinajstić information content (AvgIpc) is 2.95. The van der Waals surface area contributed by atoms with E-state index in [0.29, 0.717) is 19.5 Å². The van der Waals surface area contributed by atoms with Crippen molar-refractivity contribution in [1.29, 1.82) is 0 Å². The van der Waals surface area contributed by atoms with E-state index in [9.17, 15) is 4.79 Å². The van der Waals surface area contributed by atoms with E-state index in [1.165, 1.54) is 0 Å². The normalized spacial score (nSPS) is 21.4. The zero-order chi connectivity index (χ0) is 16.4. The van der Waals surface area contributed by atoms with E-state index in [2.05, 4.69) is 20.9 Å². The molecule has 2 heterocycles. The lowest BCUT2D eigenvalue weighted by Gasteiger charge is -2.35. The summed E-state index contributed by atoms with van der Waals surface area (Å²) in [5.74, 6) is 0.123. The smallest absolute Gasteiger partial charge is 0.228 e. The third-order valence-electron chi connectivity index (χ3n) is 3.73. The Balaban J connectivity index is 1.68. The predicted octanol–water partition coefficient (Wildman–Crippen LogP) is 3.75. The van der Waals surface area contributed by atoms with Gasteiger partial charge < -0.3 is 9.64 Å². The maximum Gasteiger partial charge on any atom is 0.228 e. The van der Waals surface area contributed by atoms with E-state index in [-0.39, 0.29) is 18.1 Å². The monoisotopic (exact) mass is 394 g/mol. The van der Waals surface area contributed by atoms with Crippen molar-refractivity contribution >= 4 is 33.2 Å². The lowest BCUT2D eigenvalue weighted by molar-refractivity contribution is -0.142. The highest BCUT2D eigenvalue weighted by atomic mass is 79.9. The number of halogens is 1. The van der Waals surface area contributed by atoms with Crippen LogP contribution >= 0.6 is 27.3 Å². The highest BCUT2D eigenvalue weighted by Gasteiger charge is 2.26. The molecule has 0 unspecified atom stereocenters. The molecule has 3 rings (SSSR count). The molecule has 122 valence electrons. The first-order chi connectivity index (χ1) is 11.0. The van der Waals surface area contributed by atoms with Crippen LogP contribution < -0.4 is 0 Å². The number of hydrogen-bond acceptors (Lipinski definition) is 4. The van der Waals surface area contributed by atoms with Crippen molar-refractivity contribution in [2.45, 2.75) is 32.5 Å². The summed E-state index contributed by atoms with van der Waals surface area (Å²) in [6.07, 6.45) is 0.537. The minimum Gasteiger partial charge on any atom is -0.372 e. The first kappa shape index (κ1) is 16.6. The predicted molar refractivity (Wildman–Crippen MR) is 95.5 cm³/mol. The molecule has 23 heavy (non-hydrogen) atoms. The van der Waals surface area contributed by atoms with Gasteiger partial charge in [0.2, 0.25) is 5.91 Å². The minimum atomic E-state index is 0.0929. The highest BCUT2D eigenvalue weighted by molar-refractivity contribution is 9.10. The van der Waals surface area contributed by atoms with Crippen molar-refractivity contribution in [2.24, 2.45) is 0 Å². The summed E-state index contributed by atoms with van der Waals surface area (Å²) < 4.78 is 6.70. The second-order valence-electron chi connectivity index (χ2n) is 5.89. The molecule has 1 aliphatic rings. The van der Waals surface area contributed by atoms with Crippen LogP contribution in [-0.4, -0.2) is 41.1 Å². The molecule has 1 saturated heterocycles. The number of aromatic nitrogens is 1. The van der Waals surface area contributed by atoms with Crippen molar-refractivity contribution in [1.82, 2.24) is 9.88 Å². The molecule has 0 spiro atoms. The van der Waals surface area contributed by atoms with Crippen molar-refractivity contribution in [2.75, 3.05) is 13.1 Å². The van der Waals surface area contributed by atoms with Crippen LogP contribution in [0.1, 0.15) is 19.5 Å². The summed E-state index contributed by atoms with van der Waals surface area (Å²) in [6.45, 7) is 5.33. The molecule has 4 nitrogen and oxygen atoms in total. The van der Waals surface area contributed by atoms with Crippen LogP contribution in [0.2, 0.25) is 0 Å². The number of rotatable bonds is 3. The Kier molecular flexibility index (Phi) is 5.14. The van der Waals surface area contributed by atoms with Gasteiger partial charge in [0.05, 0.1) is 24.3 Å². The number of amides is 1. The van der Waals surface area contributed by atoms with Gasteiger partial charge in [-0.15, -0.1) is 11.3 Å². The quantitative estimate of drug-likeness (QED) is 0.795. The van der Waals surface area contributed by atoms with Crippen LogP contribution in [0, 0.1) is 0 Å². The molecular weight excluding hydrogens is 376 g/mol. The molecule has 2 aromatic rings. The van der Waals surface area contributed by atoms with Gasteiger partial charge in [0, 0.05) is 28.5 Å². The van der Waals surface area contributed by atoms with E-state index >= 15 is 0 Å². The van der Waals surface area contributed by atoms with Gasteiger partial charge in [0.25, 0.3) is 0 Å². The Bertz CT molecular complexity index is 693. The van der Waals surface area contributed by atoms with E-state index < -0.39 is 0 Å². The van der Waals surface area contributed by atoms with Gasteiger partial charge >= 0.3 is 0 Å². The van der Waals surface area contributed by atoms with Crippen LogP contribution in [0.5, 0.6) is 0 Å². The molecule has 0 N–H and O–H groups in total. The fourth-order valence-corrected chi connectivity index (χ4v) is 4.01. The fraction of sp³-hybridized carbons (Fsp3) is 0.412. The Labute approximate surface area is 148 Å². The minimum absolute atomic E-state index is 0.0929. The van der Waals surface area contributed by atoms with E-state index in [4.69, 9.17) is 4.74 Å². The summed E-state index contributed by atoms with van der Waals surface area (Å²) in [7, 11) is 0. The van der Waals surface area contributed by atoms with Crippen LogP contribution in [0.3, 0.4) is 0 Å². The van der Waals surface area contributed by atoms with Crippen LogP contribution in [-0.2, 0) is 16.0 Å². The molecule has 1 aromatic carbocycles. The second-order valence-corrected chi connectivity index (χ2v) is 7.66. The van der Waals surface area contributed by atoms with E-state index in [1.54, 1.807) is 11.3 Å². The molecule has 0 radical (unpaired) electrons. The molecule has 1 aliphatic heterocycles. The molecule has 0 bridgehead atoms. The number of hydrogen-bond donors (Lipinski definition) is 0. The summed E-state index contributed by atoms with van der Waals surface area (Å²) in [5, 5.41) is 2.92. The molecule has 1 amide bonds. The van der Waals surface area contributed by atoms with Gasteiger partial charge in [0.1, 0.15) is 5.01 Å². The maximum atomic E-state index is 12.5. The molecule has 6 heteroatoms. The summed E-state index contributed by atoms with van der Waals surface area (Å²) >= 11 is 5.05. The van der Waals surface area contributed by atoms with E-state index in [1.807, 2.05) is 48.4 Å². The number of ether oxygens (including phenoxy) is 1. The van der Waals surface area contributed by atoms with Crippen molar-refractivity contribution in [3.8, 4) is 10.6 Å². The fourth-order valence-electron chi connectivity index (χ4n) is 2.79. The van der Waals surface area contributed by atoms with Crippen molar-refractivity contribution in [3.05, 3.63) is 39.8 Å². The molecular formula is C17H19BrN2O2S. The number of morpholine rings is 1. The first-order valence-electron chi connectivity index (χ1n) is 7.65. The van der Waals surface area contributed by atoms with Crippen molar-refractivity contribution in [3.63, 3.8) is 0 Å². The summed E-state index contributed by atoms with van der Waals surface area (Å²) in [6, 6.07) is 8.04. The summed E-state index contributed by atoms with van der Waals surface area (Å²) in [4.78, 5) is 19.0. The van der Waals surface area contributed by atoms with E-state index in [0.717, 1.165) is 20.7 Å². The Hall–Kier alpha value is -1.24. The zero-order valence-corrected chi connectivity index (χ0v) is 15.6. The van der Waals surface area contributed by atoms with Crippen LogP contribution in [0.4, 0.5) is 0 Å². The number of carbonyl (C=O) groups excluding carboxylic acids is 1. The summed E-state index contributed by atoms with van der Waals surface area (Å²) in [5.41, 5.74) is 1.90. The number of nitrogens with zero attached hydrogens (tertiary/aromatic N) is 2. The third-order valence-corrected chi connectivity index (χ3v) is 5.16. The molecule has 2 atom stereocenters. The van der Waals surface area contributed by atoms with Crippen LogP contribution in [0.15, 0.2) is 34.1 Å². The zero-order valence-electron chi connectivity index (χ0n) is 13.2. The average molecular weight is 395 g/mol. The molecule has 0 aliphatic carbocycles. The maximum absolute atomic E-state index is 12.5. The molecule has 1 aromatic heterocycles. The van der Waals surface area contributed by atoms with Crippen LogP contribution in [0.25, 0.3) is 10.6 Å². The van der Waals surface area contributed by atoms with Crippen molar-refractivity contribution < 1.29 is 9.53 Å². The topological polar surface area (TPSA) is 42.4 Å². The molecule has 0 saturated carbocycles. The van der Waals surface area contributed by atoms with Gasteiger partial charge in [-0.25, -0.2) is 4.98 Å². The van der Waals surface area contributed by atoms with Gasteiger partial charge in [0.15, 0.2) is 0 Å². The number of carbonyl (C=O) groups is 1. The standard InChI is InChI=1S/C17H19BrN2O2S/c1-11-8-20(9-12(2)22-11)16(21)7-15-10-23-17(19-15)13-4-3-5-14(18)6-13/h3-6,10-12H,7-9H2,1-2H3/t11-,12+. The Morgan fingerprint density at radius 1 is 1.39 bits per heavy atom. The SMILES string of the molecule is C[C@@H]1CN(C(=O)Cc2csc(-c3cccc(Br)c3)n2)C[C@H](C)O1. The van der Waals surface area contributed by atoms with Gasteiger partial charge in [-0.2, -0.15) is 0 Å². The Morgan fingerprint density at radius 3 is 2.83 bits per heavy atom. The lowest BCUT2D eigenvalue weighted by atomic mass is 10.2. The number of benzene rings is 1. The Morgan fingerprint density at radius 2 is 2.13 bits per heavy atom. The highest BCUT2D eigenvalue weighted by Crippen LogP contribution is 2.26. The molecule has 1 fully saturated rings. The van der Waals surface area contributed by atoms with Gasteiger partial charge in [-0.05, 0) is 26.0 Å². The second kappa shape index (κ2) is 7.11. The van der Waals surface area contributed by atoms with Gasteiger partial charge in [-0.3, -0.25) is 4.79 Å². The third kappa shape index (κ3) is 4.19. The lowest BCUT2D eigenvalue weighted by Crippen LogP contribution is -2.48. The largest absolute Gasteiger partial charge is 0.372 e. The first-order valence-corrected chi connectivity index (χ1v) is 9.32. The van der Waals surface area contributed by atoms with Gasteiger partial charge in [-0.1, -0.05) is 28.1 Å².